The maximum atomic E-state index is 2.44. The Hall–Kier alpha value is -0.160. The lowest BCUT2D eigenvalue weighted by molar-refractivity contribution is -0.669. The third-order valence-electron chi connectivity index (χ3n) is 3.70. The van der Waals surface area contributed by atoms with Crippen molar-refractivity contribution in [2.45, 2.75) is 46.1 Å². The molecule has 1 aromatic heterocycles. The Morgan fingerprint density at radius 1 is 1.24 bits per heavy atom. The van der Waals surface area contributed by atoms with Crippen LogP contribution < -0.4 is 28.5 Å². The summed E-state index contributed by atoms with van der Waals surface area (Å²) in [5.41, 5.74) is 4.69. The summed E-state index contributed by atoms with van der Waals surface area (Å²) in [4.78, 5) is 0. The lowest BCUT2D eigenvalue weighted by atomic mass is 9.91. The Bertz CT molecular complexity index is 545. The first-order chi connectivity index (χ1) is 7.81. The van der Waals surface area contributed by atoms with Crippen LogP contribution in [0.25, 0.3) is 10.2 Å². The smallest absolute Gasteiger partial charge is 0.235 e. The molecule has 3 heteroatoms. The number of aryl methyl sites for hydroxylation is 4. The highest BCUT2D eigenvalue weighted by atomic mass is 127. The van der Waals surface area contributed by atoms with Crippen LogP contribution >= 0.6 is 11.3 Å². The fourth-order valence-electron chi connectivity index (χ4n) is 2.87. The molecule has 92 valence electrons. The molecular weight excluding hydrogens is 341 g/mol. The van der Waals surface area contributed by atoms with Crippen molar-refractivity contribution in [1.82, 2.24) is 0 Å². The zero-order valence-corrected chi connectivity index (χ0v) is 13.4. The van der Waals surface area contributed by atoms with Crippen LogP contribution in [-0.2, 0) is 19.4 Å². The maximum absolute atomic E-state index is 2.44. The van der Waals surface area contributed by atoms with Gasteiger partial charge in [0.2, 0.25) is 10.5 Å². The van der Waals surface area contributed by atoms with Gasteiger partial charge in [0.15, 0.2) is 0 Å². The van der Waals surface area contributed by atoms with E-state index >= 15 is 0 Å². The number of hydrogen-bond donors (Lipinski definition) is 0. The zero-order valence-electron chi connectivity index (χ0n) is 10.4. The zero-order chi connectivity index (χ0) is 11.1. The number of nitrogens with zero attached hydrogens (tertiary/aromatic N) is 1. The van der Waals surface area contributed by atoms with Crippen LogP contribution in [0.3, 0.4) is 0 Å². The van der Waals surface area contributed by atoms with Crippen LogP contribution in [0, 0.1) is 6.92 Å². The summed E-state index contributed by atoms with van der Waals surface area (Å²) in [7, 11) is 0. The highest BCUT2D eigenvalue weighted by molar-refractivity contribution is 7.18. The number of rotatable bonds is 1. The number of thiazole rings is 1. The van der Waals surface area contributed by atoms with E-state index in [1.165, 1.54) is 36.2 Å². The molecule has 1 aliphatic carbocycles. The molecule has 1 aliphatic rings. The van der Waals surface area contributed by atoms with E-state index < -0.39 is 0 Å². The van der Waals surface area contributed by atoms with Crippen LogP contribution in [0.4, 0.5) is 0 Å². The number of benzene rings is 1. The van der Waals surface area contributed by atoms with Gasteiger partial charge in [-0.2, -0.15) is 4.57 Å². The average molecular weight is 359 g/mol. The fraction of sp³-hybridized carbons (Fsp3) is 0.500. The van der Waals surface area contributed by atoms with Crippen molar-refractivity contribution in [2.24, 2.45) is 0 Å². The number of aromatic nitrogens is 1. The average Bonchev–Trinajstić information content (AvgIpc) is 2.65. The number of hydrogen-bond acceptors (Lipinski definition) is 1. The largest absolute Gasteiger partial charge is 1.00 e. The third-order valence-corrected chi connectivity index (χ3v) is 4.87. The van der Waals surface area contributed by atoms with E-state index in [-0.39, 0.29) is 24.0 Å². The first-order valence-electron chi connectivity index (χ1n) is 6.25. The molecule has 0 unspecified atom stereocenters. The van der Waals surface area contributed by atoms with Crippen LogP contribution in [0.2, 0.25) is 0 Å². The van der Waals surface area contributed by atoms with Gasteiger partial charge in [0.25, 0.3) is 0 Å². The predicted molar refractivity (Wildman–Crippen MR) is 69.1 cm³/mol. The van der Waals surface area contributed by atoms with Crippen molar-refractivity contribution in [3.8, 4) is 0 Å². The summed E-state index contributed by atoms with van der Waals surface area (Å²) in [6, 6.07) is 4.68. The Morgan fingerprint density at radius 3 is 2.76 bits per heavy atom. The first kappa shape index (κ1) is 13.3. The van der Waals surface area contributed by atoms with Crippen molar-refractivity contribution >= 4 is 21.6 Å². The van der Waals surface area contributed by atoms with Crippen molar-refractivity contribution < 1.29 is 28.5 Å². The minimum atomic E-state index is 0. The third kappa shape index (κ3) is 2.12. The Balaban J connectivity index is 0.00000108. The lowest BCUT2D eigenvalue weighted by Crippen LogP contribution is -3.00. The van der Waals surface area contributed by atoms with Gasteiger partial charge >= 0.3 is 0 Å². The van der Waals surface area contributed by atoms with Crippen molar-refractivity contribution in [1.29, 1.82) is 0 Å². The summed E-state index contributed by atoms with van der Waals surface area (Å²) >= 11 is 1.98. The van der Waals surface area contributed by atoms with Crippen molar-refractivity contribution in [3.63, 3.8) is 0 Å². The van der Waals surface area contributed by atoms with E-state index in [2.05, 4.69) is 30.5 Å². The molecule has 0 saturated heterocycles. The van der Waals surface area contributed by atoms with Crippen molar-refractivity contribution in [2.75, 3.05) is 0 Å². The Labute approximate surface area is 124 Å². The second kappa shape index (κ2) is 5.22. The van der Waals surface area contributed by atoms with Gasteiger partial charge in [0.05, 0.1) is 0 Å². The van der Waals surface area contributed by atoms with Crippen LogP contribution in [0.1, 0.15) is 35.9 Å². The van der Waals surface area contributed by atoms with Crippen LogP contribution in [-0.4, -0.2) is 0 Å². The predicted octanol–water partition coefficient (Wildman–Crippen LogP) is 0.400. The monoisotopic (exact) mass is 359 g/mol. The van der Waals surface area contributed by atoms with Crippen LogP contribution in [0.5, 0.6) is 0 Å². The molecular formula is C14H18INS. The molecule has 0 spiro atoms. The summed E-state index contributed by atoms with van der Waals surface area (Å²) in [6.45, 7) is 5.56. The first-order valence-corrected chi connectivity index (χ1v) is 7.06. The van der Waals surface area contributed by atoms with Crippen LogP contribution in [0.15, 0.2) is 12.1 Å². The second-order valence-electron chi connectivity index (χ2n) is 4.62. The topological polar surface area (TPSA) is 3.88 Å². The summed E-state index contributed by atoms with van der Waals surface area (Å²) < 4.78 is 3.99. The molecule has 3 rings (SSSR count). The molecule has 1 heterocycles. The summed E-state index contributed by atoms with van der Waals surface area (Å²) in [6.07, 6.45) is 5.32. The molecule has 0 aliphatic heterocycles. The molecule has 0 radical (unpaired) electrons. The number of halogens is 1. The summed E-state index contributed by atoms with van der Waals surface area (Å²) in [5, 5.41) is 1.44. The van der Waals surface area contributed by atoms with Gasteiger partial charge in [-0.25, -0.2) is 0 Å². The standard InChI is InChI=1S/C14H18NS.HI/c1-3-15-10(2)16-14-12-7-5-4-6-11(12)8-9-13(14)15;/h8-9H,3-7H2,1-2H3;1H/q+1;/p-1. The van der Waals surface area contributed by atoms with Gasteiger partial charge in [0.1, 0.15) is 11.2 Å². The van der Waals surface area contributed by atoms with E-state index in [1.54, 1.807) is 15.8 Å². The summed E-state index contributed by atoms with van der Waals surface area (Å²) in [5.74, 6) is 0. The second-order valence-corrected chi connectivity index (χ2v) is 5.83. The molecule has 0 atom stereocenters. The SMILES string of the molecule is CC[n+]1c(C)sc2c3c(ccc21)CCCC3.[I-]. The van der Waals surface area contributed by atoms with E-state index in [0.29, 0.717) is 0 Å². The fourth-order valence-corrected chi connectivity index (χ4v) is 4.15. The van der Waals surface area contributed by atoms with Gasteiger partial charge in [0, 0.05) is 13.0 Å². The van der Waals surface area contributed by atoms with Gasteiger partial charge in [-0.05, 0) is 43.7 Å². The molecule has 0 bridgehead atoms. The molecule has 1 nitrogen and oxygen atoms in total. The Morgan fingerprint density at radius 2 is 2.00 bits per heavy atom. The van der Waals surface area contributed by atoms with Crippen molar-refractivity contribution in [3.05, 3.63) is 28.3 Å². The normalized spacial score (nSPS) is 14.5. The van der Waals surface area contributed by atoms with E-state index in [4.69, 9.17) is 0 Å². The van der Waals surface area contributed by atoms with E-state index in [1.807, 2.05) is 11.3 Å². The van der Waals surface area contributed by atoms with Gasteiger partial charge < -0.3 is 24.0 Å². The number of fused-ring (bicyclic) bond motifs is 3. The minimum Gasteiger partial charge on any atom is -1.00 e. The highest BCUT2D eigenvalue weighted by Crippen LogP contribution is 2.31. The highest BCUT2D eigenvalue weighted by Gasteiger charge is 2.21. The molecule has 2 aromatic rings. The quantitative estimate of drug-likeness (QED) is 0.513. The minimum absolute atomic E-state index is 0. The molecule has 0 amide bonds. The van der Waals surface area contributed by atoms with E-state index in [9.17, 15) is 0 Å². The van der Waals surface area contributed by atoms with E-state index in [0.717, 1.165) is 6.54 Å². The lowest BCUT2D eigenvalue weighted by Gasteiger charge is -2.14. The van der Waals surface area contributed by atoms with Gasteiger partial charge in [-0.1, -0.05) is 17.4 Å². The van der Waals surface area contributed by atoms with Gasteiger partial charge in [-0.3, -0.25) is 0 Å². The molecule has 0 N–H and O–H groups in total. The maximum Gasteiger partial charge on any atom is 0.235 e. The molecule has 17 heavy (non-hydrogen) atoms. The van der Waals surface area contributed by atoms with Gasteiger partial charge in [-0.15, -0.1) is 0 Å². The molecule has 0 saturated carbocycles. The molecule has 1 aromatic carbocycles. The Kier molecular flexibility index (Phi) is 4.08. The molecule has 0 fully saturated rings.